The average molecular weight is 453 g/mol. The van der Waals surface area contributed by atoms with Crippen LogP contribution in [0.3, 0.4) is 0 Å². The van der Waals surface area contributed by atoms with E-state index in [4.69, 9.17) is 9.47 Å². The van der Waals surface area contributed by atoms with Crippen molar-refractivity contribution in [2.45, 2.75) is 82.5 Å². The van der Waals surface area contributed by atoms with Crippen molar-refractivity contribution in [1.29, 1.82) is 0 Å². The van der Waals surface area contributed by atoms with E-state index in [0.717, 1.165) is 49.7 Å². The first-order valence-corrected chi connectivity index (χ1v) is 12.3. The molecule has 0 amide bonds. The minimum Gasteiger partial charge on any atom is -0.508 e. The van der Waals surface area contributed by atoms with Crippen LogP contribution in [0.4, 0.5) is 0 Å². The Bertz CT molecular complexity index is 951. The molecule has 0 atom stereocenters. The number of ether oxygens (including phenoxy) is 2. The molecule has 2 aliphatic carbocycles. The second-order valence-electron chi connectivity index (χ2n) is 11.4. The van der Waals surface area contributed by atoms with Gasteiger partial charge in [-0.25, -0.2) is 0 Å². The van der Waals surface area contributed by atoms with Crippen molar-refractivity contribution in [1.82, 2.24) is 0 Å². The van der Waals surface area contributed by atoms with Crippen LogP contribution in [0, 0.1) is 0 Å². The lowest BCUT2D eigenvalue weighted by Gasteiger charge is -2.30. The first kappa shape index (κ1) is 24.1. The van der Waals surface area contributed by atoms with E-state index >= 15 is 0 Å². The van der Waals surface area contributed by atoms with Gasteiger partial charge in [-0.15, -0.1) is 0 Å². The Labute approximate surface area is 198 Å². The summed E-state index contributed by atoms with van der Waals surface area (Å²) >= 11 is 0. The van der Waals surface area contributed by atoms with Crippen molar-refractivity contribution >= 4 is 0 Å². The van der Waals surface area contributed by atoms with Gasteiger partial charge in [0.1, 0.15) is 11.5 Å². The van der Waals surface area contributed by atoms with Gasteiger partial charge in [0, 0.05) is 32.8 Å². The Morgan fingerprint density at radius 2 is 1.06 bits per heavy atom. The summed E-state index contributed by atoms with van der Waals surface area (Å²) in [5, 5.41) is 22.0. The van der Waals surface area contributed by atoms with Gasteiger partial charge >= 0.3 is 0 Å². The number of hydrogen-bond acceptors (Lipinski definition) is 4. The molecule has 4 heteroatoms. The van der Waals surface area contributed by atoms with E-state index in [0.29, 0.717) is 24.7 Å². The molecule has 2 aliphatic rings. The summed E-state index contributed by atoms with van der Waals surface area (Å²) in [6.45, 7) is 10.7. The van der Waals surface area contributed by atoms with E-state index in [1.54, 1.807) is 14.2 Å². The third-order valence-corrected chi connectivity index (χ3v) is 8.00. The van der Waals surface area contributed by atoms with Crippen LogP contribution in [0.1, 0.15) is 86.8 Å². The van der Waals surface area contributed by atoms with Crippen LogP contribution in [0.5, 0.6) is 11.5 Å². The monoisotopic (exact) mass is 452 g/mol. The number of benzene rings is 2. The topological polar surface area (TPSA) is 58.9 Å². The second kappa shape index (κ2) is 8.63. The van der Waals surface area contributed by atoms with Crippen molar-refractivity contribution in [2.75, 3.05) is 27.4 Å². The van der Waals surface area contributed by atoms with Crippen LogP contribution in [0.25, 0.3) is 0 Å². The van der Waals surface area contributed by atoms with Crippen molar-refractivity contribution in [3.05, 3.63) is 57.6 Å². The molecule has 33 heavy (non-hydrogen) atoms. The van der Waals surface area contributed by atoms with E-state index in [2.05, 4.69) is 39.8 Å². The van der Waals surface area contributed by atoms with Gasteiger partial charge < -0.3 is 19.7 Å². The van der Waals surface area contributed by atoms with E-state index in [1.807, 2.05) is 12.1 Å². The fraction of sp³-hybridized carbons (Fsp3) is 0.586. The molecule has 2 N–H and O–H groups in total. The van der Waals surface area contributed by atoms with Crippen LogP contribution in [-0.4, -0.2) is 37.6 Å². The van der Waals surface area contributed by atoms with E-state index in [1.165, 1.54) is 22.3 Å². The molecule has 2 aromatic carbocycles. The number of aromatic hydroxyl groups is 2. The molecule has 0 bridgehead atoms. The minimum absolute atomic E-state index is 0.0104. The van der Waals surface area contributed by atoms with Crippen LogP contribution >= 0.6 is 0 Å². The first-order valence-electron chi connectivity index (χ1n) is 12.3. The van der Waals surface area contributed by atoms with Gasteiger partial charge in [-0.3, -0.25) is 0 Å². The Balaban J connectivity index is 1.82. The summed E-state index contributed by atoms with van der Waals surface area (Å²) in [5.41, 5.74) is 6.93. The highest BCUT2D eigenvalue weighted by molar-refractivity contribution is 5.63. The molecule has 0 aliphatic heterocycles. The fourth-order valence-corrected chi connectivity index (χ4v) is 6.68. The molecule has 4 nitrogen and oxygen atoms in total. The van der Waals surface area contributed by atoms with E-state index in [9.17, 15) is 10.2 Å². The number of aryl methyl sites for hydroxylation is 2. The van der Waals surface area contributed by atoms with Crippen molar-refractivity contribution < 1.29 is 19.7 Å². The maximum Gasteiger partial charge on any atom is 0.119 e. The molecule has 0 unspecified atom stereocenters. The smallest absolute Gasteiger partial charge is 0.119 e. The molecule has 1 spiro atoms. The van der Waals surface area contributed by atoms with Crippen molar-refractivity contribution in [3.8, 4) is 11.5 Å². The zero-order chi connectivity index (χ0) is 24.0. The van der Waals surface area contributed by atoms with Crippen molar-refractivity contribution in [3.63, 3.8) is 0 Å². The molecule has 2 aromatic rings. The predicted molar refractivity (Wildman–Crippen MR) is 133 cm³/mol. The highest BCUT2D eigenvalue weighted by Gasteiger charge is 2.56. The molecule has 0 aromatic heterocycles. The van der Waals surface area contributed by atoms with Gasteiger partial charge in [-0.1, -0.05) is 39.8 Å². The SMILES string of the molecule is COCCCc1cc2c(cc1O)C1(CC2(C)C)CC(C)(C)c2cc(CCCOC)c(O)cc21. The quantitative estimate of drug-likeness (QED) is 0.489. The number of phenolic OH excluding ortho intramolecular Hbond substituents is 2. The molecule has 4 rings (SSSR count). The summed E-state index contributed by atoms with van der Waals surface area (Å²) < 4.78 is 10.4. The maximum absolute atomic E-state index is 11.0. The van der Waals surface area contributed by atoms with Gasteiger partial charge in [-0.05, 0) is 94.9 Å². The lowest BCUT2D eigenvalue weighted by atomic mass is 9.72. The maximum atomic E-state index is 11.0. The number of rotatable bonds is 8. The Morgan fingerprint density at radius 3 is 1.42 bits per heavy atom. The number of fused-ring (bicyclic) bond motifs is 4. The van der Waals surface area contributed by atoms with Crippen LogP contribution in [0.2, 0.25) is 0 Å². The summed E-state index contributed by atoms with van der Waals surface area (Å²) in [6.07, 6.45) is 5.37. The standard InChI is InChI=1S/C29H40O4/c1-27(2)17-29(23-15-25(30)19(13-21(23)27)9-7-11-32-5)18-28(3,4)22-14-20(10-8-12-33-6)26(31)16-24(22)29/h13-16,30-31H,7-12,17-18H2,1-6H3. The van der Waals surface area contributed by atoms with Crippen LogP contribution in [0.15, 0.2) is 24.3 Å². The lowest BCUT2D eigenvalue weighted by molar-refractivity contribution is 0.195. The second-order valence-corrected chi connectivity index (χ2v) is 11.4. The van der Waals surface area contributed by atoms with E-state index in [-0.39, 0.29) is 16.2 Å². The third kappa shape index (κ3) is 4.06. The van der Waals surface area contributed by atoms with Gasteiger partial charge in [-0.2, -0.15) is 0 Å². The molecule has 0 radical (unpaired) electrons. The highest BCUT2D eigenvalue weighted by atomic mass is 16.5. The molecular weight excluding hydrogens is 412 g/mol. The normalized spacial score (nSPS) is 19.1. The molecule has 0 saturated carbocycles. The van der Waals surface area contributed by atoms with E-state index < -0.39 is 0 Å². The summed E-state index contributed by atoms with van der Waals surface area (Å²) in [4.78, 5) is 0. The fourth-order valence-electron chi connectivity index (χ4n) is 6.68. The number of phenols is 2. The average Bonchev–Trinajstić information content (AvgIpc) is 3.08. The Morgan fingerprint density at radius 1 is 0.667 bits per heavy atom. The minimum atomic E-state index is -0.192. The van der Waals surface area contributed by atoms with Crippen LogP contribution < -0.4 is 0 Å². The van der Waals surface area contributed by atoms with Gasteiger partial charge in [0.15, 0.2) is 0 Å². The summed E-state index contributed by atoms with van der Waals surface area (Å²) in [6, 6.07) is 8.53. The molecule has 180 valence electrons. The van der Waals surface area contributed by atoms with Crippen molar-refractivity contribution in [2.24, 2.45) is 0 Å². The zero-order valence-electron chi connectivity index (χ0n) is 21.2. The summed E-state index contributed by atoms with van der Waals surface area (Å²) in [5.74, 6) is 0.766. The zero-order valence-corrected chi connectivity index (χ0v) is 21.2. The molecular formula is C29H40O4. The lowest BCUT2D eigenvalue weighted by Crippen LogP contribution is -2.26. The largest absolute Gasteiger partial charge is 0.508 e. The molecule has 0 fully saturated rings. The number of hydrogen-bond donors (Lipinski definition) is 2. The van der Waals surface area contributed by atoms with Gasteiger partial charge in [0.2, 0.25) is 0 Å². The van der Waals surface area contributed by atoms with Crippen LogP contribution in [-0.2, 0) is 38.6 Å². The Hall–Kier alpha value is -2.04. The van der Waals surface area contributed by atoms with Gasteiger partial charge in [0.25, 0.3) is 0 Å². The Kier molecular flexibility index (Phi) is 6.30. The molecule has 0 saturated heterocycles. The first-order chi connectivity index (χ1) is 15.6. The third-order valence-electron chi connectivity index (χ3n) is 8.00. The highest BCUT2D eigenvalue weighted by Crippen LogP contribution is 2.64. The molecule has 0 heterocycles. The predicted octanol–water partition coefficient (Wildman–Crippen LogP) is 5.90. The van der Waals surface area contributed by atoms with Gasteiger partial charge in [0.05, 0.1) is 0 Å². The summed E-state index contributed by atoms with van der Waals surface area (Å²) in [7, 11) is 3.43. The number of methoxy groups -OCH3 is 2.